The van der Waals surface area contributed by atoms with Crippen LogP contribution in [0.1, 0.15) is 20.8 Å². The molecule has 0 bridgehead atoms. The van der Waals surface area contributed by atoms with E-state index in [4.69, 9.17) is 0 Å². The van der Waals surface area contributed by atoms with Crippen LogP contribution >= 0.6 is 0 Å². The molecule has 0 saturated heterocycles. The maximum absolute atomic E-state index is 13.5. The lowest BCUT2D eigenvalue weighted by Gasteiger charge is -2.31. The number of aliphatic hydroxyl groups is 1. The molecule has 0 aliphatic rings. The number of hydrogen-bond donors (Lipinski definition) is 1. The van der Waals surface area contributed by atoms with Crippen molar-refractivity contribution in [3.63, 3.8) is 0 Å². The van der Waals surface area contributed by atoms with Gasteiger partial charge in [-0.25, -0.2) is 4.39 Å². The van der Waals surface area contributed by atoms with Gasteiger partial charge in [0.2, 0.25) is 0 Å². The fourth-order valence-electron chi connectivity index (χ4n) is 1.39. The monoisotopic (exact) mass is 225 g/mol. The molecular weight excluding hydrogens is 205 g/mol. The predicted molar refractivity (Wildman–Crippen MR) is 65.1 cm³/mol. The molecule has 0 radical (unpaired) electrons. The van der Waals surface area contributed by atoms with Gasteiger partial charge in [0.25, 0.3) is 0 Å². The van der Waals surface area contributed by atoms with Gasteiger partial charge in [0.05, 0.1) is 11.8 Å². The van der Waals surface area contributed by atoms with Gasteiger partial charge >= 0.3 is 0 Å². The maximum atomic E-state index is 13.5. The van der Waals surface area contributed by atoms with Gasteiger partial charge in [-0.05, 0) is 17.5 Å². The zero-order valence-corrected chi connectivity index (χ0v) is 10.4. The van der Waals surface area contributed by atoms with E-state index in [0.717, 1.165) is 0 Å². The minimum Gasteiger partial charge on any atom is -0.391 e. The van der Waals surface area contributed by atoms with Crippen LogP contribution in [0.25, 0.3) is 0 Å². The number of para-hydroxylation sites is 1. The number of rotatable bonds is 3. The molecule has 2 nitrogen and oxygen atoms in total. The standard InChI is InChI=1S/C13H20FNO/c1-13(2,3)12(16)9-15(4)11-8-6-5-7-10(11)14/h5-8,12,16H,9H2,1-4H3. The van der Waals surface area contributed by atoms with E-state index in [2.05, 4.69) is 0 Å². The first-order valence-electron chi connectivity index (χ1n) is 5.46. The van der Waals surface area contributed by atoms with E-state index in [9.17, 15) is 9.50 Å². The summed E-state index contributed by atoms with van der Waals surface area (Å²) in [6, 6.07) is 6.59. The van der Waals surface area contributed by atoms with Gasteiger partial charge in [0.1, 0.15) is 5.82 Å². The summed E-state index contributed by atoms with van der Waals surface area (Å²) >= 11 is 0. The average Bonchev–Trinajstić information content (AvgIpc) is 2.16. The third-order valence-electron chi connectivity index (χ3n) is 2.71. The van der Waals surface area contributed by atoms with Gasteiger partial charge in [-0.1, -0.05) is 32.9 Å². The minimum absolute atomic E-state index is 0.195. The summed E-state index contributed by atoms with van der Waals surface area (Å²) in [7, 11) is 1.79. The first kappa shape index (κ1) is 13.0. The van der Waals surface area contributed by atoms with Crippen molar-refractivity contribution in [2.45, 2.75) is 26.9 Å². The highest BCUT2D eigenvalue weighted by molar-refractivity contribution is 5.46. The van der Waals surface area contributed by atoms with Crippen molar-refractivity contribution < 1.29 is 9.50 Å². The number of aliphatic hydroxyl groups excluding tert-OH is 1. The molecule has 0 amide bonds. The Bertz CT molecular complexity index is 346. The summed E-state index contributed by atoms with van der Waals surface area (Å²) in [5.74, 6) is -0.258. The van der Waals surface area contributed by atoms with Crippen LogP contribution < -0.4 is 4.90 Å². The Morgan fingerprint density at radius 1 is 1.31 bits per heavy atom. The molecule has 1 unspecified atom stereocenters. The van der Waals surface area contributed by atoms with Crippen molar-refractivity contribution in [1.82, 2.24) is 0 Å². The summed E-state index contributed by atoms with van der Waals surface area (Å²) in [4.78, 5) is 1.74. The molecule has 1 aromatic rings. The quantitative estimate of drug-likeness (QED) is 0.855. The fourth-order valence-corrected chi connectivity index (χ4v) is 1.39. The molecule has 0 spiro atoms. The third kappa shape index (κ3) is 3.20. The van der Waals surface area contributed by atoms with Crippen LogP contribution in [-0.4, -0.2) is 24.8 Å². The van der Waals surface area contributed by atoms with E-state index in [0.29, 0.717) is 12.2 Å². The molecule has 16 heavy (non-hydrogen) atoms. The fraction of sp³-hybridized carbons (Fsp3) is 0.538. The highest BCUT2D eigenvalue weighted by Gasteiger charge is 2.24. The Balaban J connectivity index is 2.73. The largest absolute Gasteiger partial charge is 0.391 e. The summed E-state index contributed by atoms with van der Waals surface area (Å²) in [5.41, 5.74) is 0.324. The molecule has 1 atom stereocenters. The molecule has 90 valence electrons. The van der Waals surface area contributed by atoms with E-state index in [-0.39, 0.29) is 11.2 Å². The summed E-state index contributed by atoms with van der Waals surface area (Å²) < 4.78 is 13.5. The SMILES string of the molecule is CN(CC(O)C(C)(C)C)c1ccccc1F. The first-order valence-corrected chi connectivity index (χ1v) is 5.46. The summed E-state index contributed by atoms with van der Waals surface area (Å²) in [6.45, 7) is 6.32. The Labute approximate surface area is 96.7 Å². The van der Waals surface area contributed by atoms with Crippen LogP contribution in [0, 0.1) is 11.2 Å². The zero-order chi connectivity index (χ0) is 12.3. The van der Waals surface area contributed by atoms with Crippen LogP contribution in [0.15, 0.2) is 24.3 Å². The molecule has 3 heteroatoms. The first-order chi connectivity index (χ1) is 7.32. The van der Waals surface area contributed by atoms with Crippen LogP contribution in [0.2, 0.25) is 0 Å². The van der Waals surface area contributed by atoms with E-state index in [1.54, 1.807) is 30.1 Å². The Morgan fingerprint density at radius 3 is 2.38 bits per heavy atom. The van der Waals surface area contributed by atoms with Gasteiger partial charge in [0, 0.05) is 13.6 Å². The molecule has 0 aliphatic carbocycles. The van der Waals surface area contributed by atoms with Gasteiger partial charge in [-0.2, -0.15) is 0 Å². The summed E-state index contributed by atoms with van der Waals surface area (Å²) in [6.07, 6.45) is -0.489. The van der Waals surface area contributed by atoms with Crippen molar-refractivity contribution in [2.75, 3.05) is 18.5 Å². The number of likely N-dealkylation sites (N-methyl/N-ethyl adjacent to an activating group) is 1. The summed E-state index contributed by atoms with van der Waals surface area (Å²) in [5, 5.41) is 9.94. The Kier molecular flexibility index (Phi) is 3.92. The lowest BCUT2D eigenvalue weighted by molar-refractivity contribution is 0.0698. The smallest absolute Gasteiger partial charge is 0.146 e. The Hall–Kier alpha value is -1.09. The highest BCUT2D eigenvalue weighted by Crippen LogP contribution is 2.23. The van der Waals surface area contributed by atoms with Crippen LogP contribution in [-0.2, 0) is 0 Å². The second kappa shape index (κ2) is 4.83. The van der Waals surface area contributed by atoms with E-state index in [1.165, 1.54) is 6.07 Å². The van der Waals surface area contributed by atoms with Crippen molar-refractivity contribution in [2.24, 2.45) is 5.41 Å². The van der Waals surface area contributed by atoms with E-state index in [1.807, 2.05) is 20.8 Å². The van der Waals surface area contributed by atoms with Crippen molar-refractivity contribution in [3.05, 3.63) is 30.1 Å². The molecule has 0 heterocycles. The average molecular weight is 225 g/mol. The second-order valence-corrected chi connectivity index (χ2v) is 5.21. The molecule has 0 fully saturated rings. The molecule has 0 aromatic heterocycles. The van der Waals surface area contributed by atoms with Crippen LogP contribution in [0.3, 0.4) is 0 Å². The second-order valence-electron chi connectivity index (χ2n) is 5.21. The molecule has 1 aromatic carbocycles. The molecule has 1 rings (SSSR count). The molecular formula is C13H20FNO. The zero-order valence-electron chi connectivity index (χ0n) is 10.4. The number of anilines is 1. The topological polar surface area (TPSA) is 23.5 Å². The highest BCUT2D eigenvalue weighted by atomic mass is 19.1. The van der Waals surface area contributed by atoms with Gasteiger partial charge in [-0.3, -0.25) is 0 Å². The third-order valence-corrected chi connectivity index (χ3v) is 2.71. The van der Waals surface area contributed by atoms with Gasteiger partial charge in [0.15, 0.2) is 0 Å². The number of halogens is 1. The number of benzene rings is 1. The van der Waals surface area contributed by atoms with Crippen LogP contribution in [0.4, 0.5) is 10.1 Å². The number of nitrogens with zero attached hydrogens (tertiary/aromatic N) is 1. The predicted octanol–water partition coefficient (Wildman–Crippen LogP) is 2.67. The van der Waals surface area contributed by atoms with Crippen molar-refractivity contribution >= 4 is 5.69 Å². The maximum Gasteiger partial charge on any atom is 0.146 e. The number of hydrogen-bond acceptors (Lipinski definition) is 2. The molecule has 0 aliphatic heterocycles. The van der Waals surface area contributed by atoms with Crippen molar-refractivity contribution in [3.8, 4) is 0 Å². The normalized spacial score (nSPS) is 13.6. The minimum atomic E-state index is -0.489. The Morgan fingerprint density at radius 2 is 1.88 bits per heavy atom. The van der Waals surface area contributed by atoms with E-state index >= 15 is 0 Å². The van der Waals surface area contributed by atoms with Gasteiger partial charge < -0.3 is 10.0 Å². The lowest BCUT2D eigenvalue weighted by atomic mass is 9.89. The van der Waals surface area contributed by atoms with Crippen molar-refractivity contribution in [1.29, 1.82) is 0 Å². The molecule has 1 N–H and O–H groups in total. The van der Waals surface area contributed by atoms with Crippen LogP contribution in [0.5, 0.6) is 0 Å². The van der Waals surface area contributed by atoms with E-state index < -0.39 is 6.10 Å². The molecule has 0 saturated carbocycles. The van der Waals surface area contributed by atoms with Gasteiger partial charge in [-0.15, -0.1) is 0 Å². The lowest BCUT2D eigenvalue weighted by Crippen LogP contribution is -2.38.